The van der Waals surface area contributed by atoms with Crippen molar-refractivity contribution in [1.82, 2.24) is 5.32 Å². The number of rotatable bonds is 18. The van der Waals surface area contributed by atoms with Crippen molar-refractivity contribution in [3.8, 4) is 0 Å². The Morgan fingerprint density at radius 3 is 1.48 bits per heavy atom. The number of nitrogens with one attached hydrogen (secondary N) is 1. The topological polar surface area (TPSA) is 12.0 Å². The Balaban J connectivity index is 3.06. The van der Waals surface area contributed by atoms with E-state index in [0.717, 1.165) is 12.1 Å². The van der Waals surface area contributed by atoms with Crippen LogP contribution in [0.3, 0.4) is 0 Å². The summed E-state index contributed by atoms with van der Waals surface area (Å²) in [4.78, 5) is 0. The molecule has 0 aromatic heterocycles. The van der Waals surface area contributed by atoms with E-state index < -0.39 is 0 Å². The molecule has 0 aliphatic carbocycles. The Morgan fingerprint density at radius 2 is 1.09 bits per heavy atom. The van der Waals surface area contributed by atoms with Gasteiger partial charge in [0, 0.05) is 5.70 Å². The molecule has 0 heterocycles. The molecule has 0 aromatic rings. The van der Waals surface area contributed by atoms with Gasteiger partial charge in [0.1, 0.15) is 0 Å². The maximum atomic E-state index is 4.03. The highest BCUT2D eigenvalue weighted by atomic mass is 14.8. The minimum Gasteiger partial charge on any atom is -0.366 e. The third-order valence-electron chi connectivity index (χ3n) is 4.54. The maximum Gasteiger partial charge on any atom is 0.00732 e. The quantitative estimate of drug-likeness (QED) is 0.253. The van der Waals surface area contributed by atoms with Crippen molar-refractivity contribution in [3.63, 3.8) is 0 Å². The minimum absolute atomic E-state index is 1.11. The van der Waals surface area contributed by atoms with Crippen LogP contribution in [0.15, 0.2) is 24.6 Å². The summed E-state index contributed by atoms with van der Waals surface area (Å²) in [6.07, 6.45) is 26.5. The summed E-state index contributed by atoms with van der Waals surface area (Å²) in [5.41, 5.74) is 1.15. The van der Waals surface area contributed by atoms with Gasteiger partial charge in [0.25, 0.3) is 0 Å². The van der Waals surface area contributed by atoms with Crippen molar-refractivity contribution in [2.45, 2.75) is 117 Å². The largest absolute Gasteiger partial charge is 0.366 e. The highest BCUT2D eigenvalue weighted by Crippen LogP contribution is 2.14. The van der Waals surface area contributed by atoms with Crippen molar-refractivity contribution in [2.24, 2.45) is 0 Å². The summed E-state index contributed by atoms with van der Waals surface area (Å²) in [7, 11) is 0. The first kappa shape index (κ1) is 22.3. The van der Waals surface area contributed by atoms with Crippen LogP contribution in [-0.4, -0.2) is 0 Å². The van der Waals surface area contributed by atoms with Crippen molar-refractivity contribution in [1.29, 1.82) is 0 Å². The predicted molar refractivity (Wildman–Crippen MR) is 107 cm³/mol. The van der Waals surface area contributed by atoms with Crippen LogP contribution in [-0.2, 0) is 0 Å². The van der Waals surface area contributed by atoms with Crippen molar-refractivity contribution in [2.75, 3.05) is 0 Å². The third kappa shape index (κ3) is 19.2. The molecule has 0 rings (SSSR count). The summed E-state index contributed by atoms with van der Waals surface area (Å²) in [5.74, 6) is 0. The lowest BCUT2D eigenvalue weighted by Crippen LogP contribution is -2.02. The summed E-state index contributed by atoms with van der Waals surface area (Å²) in [6, 6.07) is 0. The molecule has 0 amide bonds. The maximum absolute atomic E-state index is 4.03. The van der Waals surface area contributed by atoms with Crippen molar-refractivity contribution in [3.05, 3.63) is 24.6 Å². The van der Waals surface area contributed by atoms with Crippen LogP contribution in [0.25, 0.3) is 0 Å². The van der Waals surface area contributed by atoms with E-state index in [-0.39, 0.29) is 0 Å². The molecule has 0 bridgehead atoms. The zero-order valence-corrected chi connectivity index (χ0v) is 16.2. The first-order valence-electron chi connectivity index (χ1n) is 10.4. The standard InChI is InChI=1S/C22H43N/c1-4-6-7-8-9-10-11-12-13-14-15-16-17-18-19-20-22(3)23-21-5-2/h5,21,23H,3-4,6-20H2,1-2H3/b21-5-. The molecule has 0 aliphatic rings. The summed E-state index contributed by atoms with van der Waals surface area (Å²) < 4.78 is 0. The fourth-order valence-corrected chi connectivity index (χ4v) is 2.98. The van der Waals surface area contributed by atoms with Crippen LogP contribution in [0.5, 0.6) is 0 Å². The Morgan fingerprint density at radius 1 is 0.696 bits per heavy atom. The third-order valence-corrected chi connectivity index (χ3v) is 4.54. The van der Waals surface area contributed by atoms with E-state index >= 15 is 0 Å². The SMILES string of the molecule is C=C(CCCCCCCCCCCCCCCCC)N/C=C\C. The first-order chi connectivity index (χ1) is 11.3. The van der Waals surface area contributed by atoms with Gasteiger partial charge in [-0.05, 0) is 26.0 Å². The fraction of sp³-hybridized carbons (Fsp3) is 0.818. The van der Waals surface area contributed by atoms with E-state index in [1.165, 1.54) is 96.3 Å². The smallest absolute Gasteiger partial charge is 0.00732 e. The second-order valence-electron chi connectivity index (χ2n) is 6.95. The van der Waals surface area contributed by atoms with Gasteiger partial charge in [0.15, 0.2) is 0 Å². The van der Waals surface area contributed by atoms with Crippen LogP contribution in [0, 0.1) is 0 Å². The summed E-state index contributed by atoms with van der Waals surface area (Å²) >= 11 is 0. The van der Waals surface area contributed by atoms with Crippen molar-refractivity contribution >= 4 is 0 Å². The Kier molecular flexibility index (Phi) is 18.7. The van der Waals surface area contributed by atoms with Crippen LogP contribution in [0.2, 0.25) is 0 Å². The fourth-order valence-electron chi connectivity index (χ4n) is 2.98. The van der Waals surface area contributed by atoms with Gasteiger partial charge in [-0.25, -0.2) is 0 Å². The lowest BCUT2D eigenvalue weighted by atomic mass is 10.0. The second-order valence-corrected chi connectivity index (χ2v) is 6.95. The van der Waals surface area contributed by atoms with Gasteiger partial charge >= 0.3 is 0 Å². The van der Waals surface area contributed by atoms with Crippen LogP contribution < -0.4 is 5.32 Å². The summed E-state index contributed by atoms with van der Waals surface area (Å²) in [5, 5.41) is 3.21. The van der Waals surface area contributed by atoms with Gasteiger partial charge in [-0.2, -0.15) is 0 Å². The van der Waals surface area contributed by atoms with Gasteiger partial charge in [-0.3, -0.25) is 0 Å². The monoisotopic (exact) mass is 321 g/mol. The molecular weight excluding hydrogens is 278 g/mol. The van der Waals surface area contributed by atoms with Gasteiger partial charge in [0.05, 0.1) is 0 Å². The molecular formula is C22H43N. The highest BCUT2D eigenvalue weighted by Gasteiger charge is 1.95. The van der Waals surface area contributed by atoms with Gasteiger partial charge in [-0.1, -0.05) is 109 Å². The zero-order valence-electron chi connectivity index (χ0n) is 16.2. The van der Waals surface area contributed by atoms with E-state index in [1.807, 2.05) is 19.2 Å². The molecule has 0 atom stereocenters. The Bertz CT molecular complexity index is 267. The zero-order chi connectivity index (χ0) is 17.0. The van der Waals surface area contributed by atoms with E-state index in [1.54, 1.807) is 0 Å². The molecule has 1 nitrogen and oxygen atoms in total. The van der Waals surface area contributed by atoms with Gasteiger partial charge < -0.3 is 5.32 Å². The van der Waals surface area contributed by atoms with Gasteiger partial charge in [-0.15, -0.1) is 0 Å². The van der Waals surface area contributed by atoms with E-state index in [0.29, 0.717) is 0 Å². The molecule has 1 heteroatoms. The molecule has 0 saturated carbocycles. The average molecular weight is 322 g/mol. The number of hydrogen-bond acceptors (Lipinski definition) is 1. The molecule has 1 N–H and O–H groups in total. The Hall–Kier alpha value is -0.720. The molecule has 0 saturated heterocycles. The van der Waals surface area contributed by atoms with Crippen LogP contribution in [0.4, 0.5) is 0 Å². The second kappa shape index (κ2) is 19.3. The molecule has 0 radical (unpaired) electrons. The lowest BCUT2D eigenvalue weighted by Gasteiger charge is -2.05. The highest BCUT2D eigenvalue weighted by molar-refractivity contribution is 4.96. The molecule has 0 unspecified atom stereocenters. The Labute approximate surface area is 147 Å². The molecule has 0 spiro atoms. The molecule has 136 valence electrons. The van der Waals surface area contributed by atoms with E-state index in [4.69, 9.17) is 0 Å². The number of unbranched alkanes of at least 4 members (excludes halogenated alkanes) is 14. The molecule has 0 aromatic carbocycles. The van der Waals surface area contributed by atoms with Crippen LogP contribution in [0.1, 0.15) is 117 Å². The van der Waals surface area contributed by atoms with Gasteiger partial charge in [0.2, 0.25) is 0 Å². The molecule has 0 fully saturated rings. The number of allylic oxidation sites excluding steroid dienone is 2. The minimum atomic E-state index is 1.11. The molecule has 0 aliphatic heterocycles. The van der Waals surface area contributed by atoms with E-state index in [2.05, 4.69) is 18.8 Å². The molecule has 23 heavy (non-hydrogen) atoms. The van der Waals surface area contributed by atoms with Crippen molar-refractivity contribution < 1.29 is 0 Å². The first-order valence-corrected chi connectivity index (χ1v) is 10.4. The average Bonchev–Trinajstić information content (AvgIpc) is 2.56. The van der Waals surface area contributed by atoms with Crippen LogP contribution >= 0.6 is 0 Å². The van der Waals surface area contributed by atoms with E-state index in [9.17, 15) is 0 Å². The normalized spacial score (nSPS) is 11.2. The predicted octanol–water partition coefficient (Wildman–Crippen LogP) is 7.88. The lowest BCUT2D eigenvalue weighted by molar-refractivity contribution is 0.531. The summed E-state index contributed by atoms with van der Waals surface area (Å²) in [6.45, 7) is 8.35. The number of hydrogen-bond donors (Lipinski definition) is 1.